The molecule has 1 aromatic heterocycles. The number of hydrogen-bond acceptors (Lipinski definition) is 3. The molecule has 0 bridgehead atoms. The number of phenols is 1. The van der Waals surface area contributed by atoms with Crippen LogP contribution in [0.3, 0.4) is 0 Å². The number of benzene rings is 1. The topological polar surface area (TPSA) is 53.7 Å². The molecule has 4 rings (SSSR count). The molecule has 1 heterocycles. The Morgan fingerprint density at radius 2 is 2.08 bits per heavy atom. The first-order valence-electron chi connectivity index (χ1n) is 8.41. The van der Waals surface area contributed by atoms with Crippen molar-refractivity contribution >= 4 is 17.5 Å². The van der Waals surface area contributed by atoms with Gasteiger partial charge in [-0.15, -0.1) is 0 Å². The molecular weight excluding hydrogens is 326 g/mol. The van der Waals surface area contributed by atoms with Crippen molar-refractivity contribution in [3.8, 4) is 5.75 Å². The molecule has 0 radical (unpaired) electrons. The molecule has 1 amide bonds. The van der Waals surface area contributed by atoms with Crippen LogP contribution in [0.1, 0.15) is 54.0 Å². The number of halogens is 1. The van der Waals surface area contributed by atoms with Gasteiger partial charge in [0.25, 0.3) is 5.91 Å². The molecule has 2 fully saturated rings. The van der Waals surface area contributed by atoms with E-state index >= 15 is 0 Å². The average Bonchev–Trinajstić information content (AvgIpc) is 3.48. The summed E-state index contributed by atoms with van der Waals surface area (Å²) in [6.07, 6.45) is 3.22. The fourth-order valence-corrected chi connectivity index (χ4v) is 3.30. The molecule has 0 aliphatic heterocycles. The highest BCUT2D eigenvalue weighted by atomic mass is 35.5. The maximum absolute atomic E-state index is 12.8. The Kier molecular flexibility index (Phi) is 3.80. The fraction of sp³-hybridized carbons (Fsp3) is 0.421. The zero-order valence-electron chi connectivity index (χ0n) is 13.5. The van der Waals surface area contributed by atoms with Gasteiger partial charge < -0.3 is 14.4 Å². The second-order valence-electron chi connectivity index (χ2n) is 6.95. The van der Waals surface area contributed by atoms with Crippen molar-refractivity contribution in [2.45, 2.75) is 44.7 Å². The van der Waals surface area contributed by atoms with Crippen molar-refractivity contribution in [3.05, 3.63) is 52.4 Å². The predicted molar refractivity (Wildman–Crippen MR) is 91.2 cm³/mol. The summed E-state index contributed by atoms with van der Waals surface area (Å²) in [4.78, 5) is 14.7. The monoisotopic (exact) mass is 345 g/mol. The van der Waals surface area contributed by atoms with Gasteiger partial charge in [-0.1, -0.05) is 18.5 Å². The third kappa shape index (κ3) is 3.03. The third-order valence-corrected chi connectivity index (χ3v) is 5.23. The number of carbonyl (C=O) groups excluding carboxylic acids is 1. The number of carbonyl (C=O) groups is 1. The van der Waals surface area contributed by atoms with E-state index in [2.05, 4.69) is 6.92 Å². The van der Waals surface area contributed by atoms with E-state index in [1.807, 2.05) is 17.0 Å². The molecule has 24 heavy (non-hydrogen) atoms. The Bertz CT molecular complexity index is 781. The standard InChI is InChI=1S/C19H20ClNO3/c1-11-8-15(11)18-7-5-14(24-18)10-21(13-3-4-13)19(23)12-2-6-17(22)16(20)9-12/h2,5-7,9,11,13,15,22H,3-4,8,10H2,1H3. The molecule has 2 aromatic rings. The van der Waals surface area contributed by atoms with Gasteiger partial charge in [0.1, 0.15) is 17.3 Å². The summed E-state index contributed by atoms with van der Waals surface area (Å²) in [5.74, 6) is 3.02. The van der Waals surface area contributed by atoms with Gasteiger partial charge in [0.05, 0.1) is 11.6 Å². The van der Waals surface area contributed by atoms with Crippen molar-refractivity contribution < 1.29 is 14.3 Å². The van der Waals surface area contributed by atoms with Crippen LogP contribution in [0.15, 0.2) is 34.7 Å². The third-order valence-electron chi connectivity index (χ3n) is 4.93. The first-order chi connectivity index (χ1) is 11.5. The van der Waals surface area contributed by atoms with Crippen LogP contribution in [-0.2, 0) is 6.54 Å². The lowest BCUT2D eigenvalue weighted by Crippen LogP contribution is -2.32. The number of hydrogen-bond donors (Lipinski definition) is 1. The summed E-state index contributed by atoms with van der Waals surface area (Å²) >= 11 is 5.94. The molecule has 126 valence electrons. The van der Waals surface area contributed by atoms with Crippen LogP contribution < -0.4 is 0 Å². The maximum atomic E-state index is 12.8. The van der Waals surface area contributed by atoms with E-state index < -0.39 is 0 Å². The summed E-state index contributed by atoms with van der Waals surface area (Å²) in [7, 11) is 0. The SMILES string of the molecule is CC1CC1c1ccc(CN(C(=O)c2ccc(O)c(Cl)c2)C2CC2)o1. The molecule has 5 heteroatoms. The Balaban J connectivity index is 1.52. The number of phenolic OH excluding ortho intramolecular Hbond substituents is 1. The molecule has 2 saturated carbocycles. The number of aromatic hydroxyl groups is 1. The van der Waals surface area contributed by atoms with Crippen LogP contribution in [0.25, 0.3) is 0 Å². The van der Waals surface area contributed by atoms with E-state index in [1.54, 1.807) is 6.07 Å². The van der Waals surface area contributed by atoms with Crippen molar-refractivity contribution in [2.24, 2.45) is 5.92 Å². The molecule has 0 spiro atoms. The Morgan fingerprint density at radius 1 is 1.33 bits per heavy atom. The zero-order chi connectivity index (χ0) is 16.8. The fourth-order valence-electron chi connectivity index (χ4n) is 3.12. The largest absolute Gasteiger partial charge is 0.506 e. The highest BCUT2D eigenvalue weighted by Gasteiger charge is 2.37. The highest BCUT2D eigenvalue weighted by Crippen LogP contribution is 2.47. The second-order valence-corrected chi connectivity index (χ2v) is 7.36. The van der Waals surface area contributed by atoms with Crippen LogP contribution in [0.5, 0.6) is 5.75 Å². The molecule has 2 aliphatic carbocycles. The van der Waals surface area contributed by atoms with Crippen LogP contribution in [-0.4, -0.2) is 22.0 Å². The predicted octanol–water partition coefficient (Wildman–Crippen LogP) is 4.57. The molecule has 0 saturated heterocycles. The van der Waals surface area contributed by atoms with Crippen molar-refractivity contribution in [1.82, 2.24) is 4.90 Å². The highest BCUT2D eigenvalue weighted by molar-refractivity contribution is 6.32. The molecule has 2 aliphatic rings. The molecule has 2 unspecified atom stereocenters. The van der Waals surface area contributed by atoms with Gasteiger partial charge in [0.2, 0.25) is 0 Å². The van der Waals surface area contributed by atoms with Gasteiger partial charge >= 0.3 is 0 Å². The van der Waals surface area contributed by atoms with E-state index in [9.17, 15) is 9.90 Å². The lowest BCUT2D eigenvalue weighted by Gasteiger charge is -2.21. The maximum Gasteiger partial charge on any atom is 0.254 e. The van der Waals surface area contributed by atoms with Crippen molar-refractivity contribution in [2.75, 3.05) is 0 Å². The van der Waals surface area contributed by atoms with E-state index in [4.69, 9.17) is 16.0 Å². The number of nitrogens with zero attached hydrogens (tertiary/aromatic N) is 1. The van der Waals surface area contributed by atoms with Crippen LogP contribution >= 0.6 is 11.6 Å². The zero-order valence-corrected chi connectivity index (χ0v) is 14.3. The smallest absolute Gasteiger partial charge is 0.254 e. The van der Waals surface area contributed by atoms with Crippen molar-refractivity contribution in [1.29, 1.82) is 0 Å². The van der Waals surface area contributed by atoms with Gasteiger partial charge in [-0.2, -0.15) is 0 Å². The van der Waals surface area contributed by atoms with Gasteiger partial charge in [0.15, 0.2) is 0 Å². The molecule has 4 nitrogen and oxygen atoms in total. The van der Waals surface area contributed by atoms with E-state index in [0.29, 0.717) is 23.9 Å². The minimum atomic E-state index is -0.0721. The lowest BCUT2D eigenvalue weighted by molar-refractivity contribution is 0.0716. The van der Waals surface area contributed by atoms with Gasteiger partial charge in [-0.3, -0.25) is 4.79 Å². The minimum absolute atomic E-state index is 0.0135. The number of rotatable bonds is 5. The quantitative estimate of drug-likeness (QED) is 0.863. The van der Waals surface area contributed by atoms with Gasteiger partial charge in [-0.25, -0.2) is 0 Å². The Hall–Kier alpha value is -1.94. The van der Waals surface area contributed by atoms with Crippen LogP contribution in [0, 0.1) is 5.92 Å². The average molecular weight is 346 g/mol. The van der Waals surface area contributed by atoms with E-state index in [0.717, 1.165) is 24.4 Å². The molecule has 1 N–H and O–H groups in total. The van der Waals surface area contributed by atoms with Crippen LogP contribution in [0.2, 0.25) is 5.02 Å². The number of amides is 1. The summed E-state index contributed by atoms with van der Waals surface area (Å²) in [5.41, 5.74) is 0.493. The molecular formula is C19H20ClNO3. The first kappa shape index (κ1) is 15.6. The van der Waals surface area contributed by atoms with Gasteiger partial charge in [0, 0.05) is 17.5 Å². The number of furan rings is 1. The Morgan fingerprint density at radius 3 is 2.71 bits per heavy atom. The molecule has 2 atom stereocenters. The first-order valence-corrected chi connectivity index (χ1v) is 8.79. The van der Waals surface area contributed by atoms with Gasteiger partial charge in [-0.05, 0) is 55.5 Å². The summed E-state index contributed by atoms with van der Waals surface area (Å²) in [5, 5.41) is 9.73. The van der Waals surface area contributed by atoms with Crippen molar-refractivity contribution in [3.63, 3.8) is 0 Å². The normalized spacial score (nSPS) is 22.4. The summed E-state index contributed by atoms with van der Waals surface area (Å²) in [6.45, 7) is 2.70. The Labute approximate surface area is 146 Å². The molecule has 1 aromatic carbocycles. The minimum Gasteiger partial charge on any atom is -0.506 e. The van der Waals surface area contributed by atoms with E-state index in [1.165, 1.54) is 18.6 Å². The van der Waals surface area contributed by atoms with E-state index in [-0.39, 0.29) is 22.7 Å². The second kappa shape index (κ2) is 5.85. The lowest BCUT2D eigenvalue weighted by atomic mass is 10.2. The summed E-state index contributed by atoms with van der Waals surface area (Å²) in [6, 6.07) is 8.87. The summed E-state index contributed by atoms with van der Waals surface area (Å²) < 4.78 is 5.96. The van der Waals surface area contributed by atoms with Crippen LogP contribution in [0.4, 0.5) is 0 Å².